The number of thiol groups is 1. The lowest BCUT2D eigenvalue weighted by Crippen LogP contribution is -1.94. The third-order valence-corrected chi connectivity index (χ3v) is 3.92. The fourth-order valence-electron chi connectivity index (χ4n) is 1.10. The Morgan fingerprint density at radius 3 is 2.94 bits per heavy atom. The van der Waals surface area contributed by atoms with Gasteiger partial charge in [0.1, 0.15) is 6.61 Å². The Labute approximate surface area is 100 Å². The summed E-state index contributed by atoms with van der Waals surface area (Å²) in [5.41, 5.74) is 1.64. The summed E-state index contributed by atoms with van der Waals surface area (Å²) in [5, 5.41) is 3.67. The number of hydrogen-bond acceptors (Lipinski definition) is 3. The summed E-state index contributed by atoms with van der Waals surface area (Å²) in [4.78, 5) is 9.50. The van der Waals surface area contributed by atoms with Gasteiger partial charge in [-0.1, -0.05) is 5.16 Å². The van der Waals surface area contributed by atoms with Gasteiger partial charge in [0.25, 0.3) is 0 Å². The fraction of sp³-hybridized carbons (Fsp3) is 0.400. The molecule has 0 N–H and O–H groups in total. The van der Waals surface area contributed by atoms with E-state index in [1.165, 1.54) is 6.21 Å². The van der Waals surface area contributed by atoms with E-state index in [9.17, 15) is 13.2 Å². The molecule has 0 saturated heterocycles. The minimum Gasteiger partial charge on any atom is -0.396 e. The van der Waals surface area contributed by atoms with Crippen molar-refractivity contribution in [2.75, 3.05) is 12.4 Å². The van der Waals surface area contributed by atoms with Crippen molar-refractivity contribution < 1.29 is 18.0 Å². The molecule has 0 bridgehead atoms. The number of aliphatic imine (C=N–C) groups is 1. The molecule has 1 heterocycles. The molecule has 1 aliphatic rings. The summed E-state index contributed by atoms with van der Waals surface area (Å²) in [5.74, 6) is -1.06. The molecule has 0 saturated carbocycles. The molecule has 1 unspecified atom stereocenters. The number of halogens is 3. The second-order valence-electron chi connectivity index (χ2n) is 3.08. The van der Waals surface area contributed by atoms with Gasteiger partial charge in [-0.2, -0.15) is 19.7 Å². The summed E-state index contributed by atoms with van der Waals surface area (Å²) in [7, 11) is -0.850. The molecule has 3 nitrogen and oxygen atoms in total. The van der Waals surface area contributed by atoms with E-state index in [1.807, 2.05) is 0 Å². The van der Waals surface area contributed by atoms with Gasteiger partial charge in [-0.25, -0.2) is 4.39 Å². The van der Waals surface area contributed by atoms with Crippen molar-refractivity contribution in [3.63, 3.8) is 0 Å². The number of hydrogen-bond donors (Lipinski definition) is 1. The van der Waals surface area contributed by atoms with Gasteiger partial charge in [-0.15, -0.1) is 0 Å². The molecule has 1 aliphatic heterocycles. The average molecular weight is 266 g/mol. The molecule has 0 fully saturated rings. The summed E-state index contributed by atoms with van der Waals surface area (Å²) < 4.78 is 36.4. The lowest BCUT2D eigenvalue weighted by atomic mass is 10.4. The normalized spacial score (nSPS) is 20.7. The highest BCUT2D eigenvalue weighted by Crippen LogP contribution is 2.37. The van der Waals surface area contributed by atoms with Crippen LogP contribution in [0.1, 0.15) is 13.3 Å². The number of oxime groups is 1. The van der Waals surface area contributed by atoms with Crippen molar-refractivity contribution in [3.8, 4) is 0 Å². The molecule has 96 valence electrons. The Morgan fingerprint density at radius 1 is 1.53 bits per heavy atom. The van der Waals surface area contributed by atoms with Gasteiger partial charge in [-0.3, -0.25) is 4.99 Å². The van der Waals surface area contributed by atoms with E-state index in [1.54, 1.807) is 18.7 Å². The summed E-state index contributed by atoms with van der Waals surface area (Å²) in [6.07, 6.45) is 0.557. The van der Waals surface area contributed by atoms with Crippen LogP contribution in [0.3, 0.4) is 0 Å². The maximum Gasteiger partial charge on any atom is 0.301 e. The van der Waals surface area contributed by atoms with Crippen LogP contribution < -0.4 is 0 Å². The largest absolute Gasteiger partial charge is 0.396 e. The maximum atomic E-state index is 12.6. The molecule has 0 aromatic rings. The van der Waals surface area contributed by atoms with Crippen molar-refractivity contribution in [2.24, 2.45) is 10.1 Å². The Hall–Kier alpha value is -1.24. The zero-order chi connectivity index (χ0) is 12.7. The zero-order valence-electron chi connectivity index (χ0n) is 9.24. The van der Waals surface area contributed by atoms with Gasteiger partial charge in [0.2, 0.25) is 0 Å². The van der Waals surface area contributed by atoms with Gasteiger partial charge >= 0.3 is 6.08 Å². The third kappa shape index (κ3) is 4.64. The van der Waals surface area contributed by atoms with Crippen molar-refractivity contribution in [1.29, 1.82) is 0 Å². The standard InChI is InChI=1S/C10H13F3N2OS/c1-2-16-15-6-8-5-14-7-17(8)4-3-9(11)10(12)13/h5-7,17H,2-4H2,1H3/b15-6+. The van der Waals surface area contributed by atoms with Crippen LogP contribution in [0.25, 0.3) is 0 Å². The van der Waals surface area contributed by atoms with E-state index in [0.29, 0.717) is 12.4 Å². The number of nitrogens with zero attached hydrogens (tertiary/aromatic N) is 2. The molecule has 1 atom stereocenters. The molecular formula is C10H13F3N2OS. The minimum absolute atomic E-state index is 0.278. The van der Waals surface area contributed by atoms with Crippen LogP contribution in [0, 0.1) is 0 Å². The first kappa shape index (κ1) is 13.8. The first-order valence-corrected chi connectivity index (χ1v) is 6.59. The molecule has 1 rings (SSSR count). The molecule has 0 radical (unpaired) electrons. The SMILES string of the molecule is CCO/N=C/C1=CN=C[SH]1CCC(F)=C(F)F. The molecule has 7 heteroatoms. The number of rotatable bonds is 6. The predicted octanol–water partition coefficient (Wildman–Crippen LogP) is 3.36. The van der Waals surface area contributed by atoms with Gasteiger partial charge in [0.05, 0.1) is 6.21 Å². The van der Waals surface area contributed by atoms with E-state index >= 15 is 0 Å². The highest BCUT2D eigenvalue weighted by Gasteiger charge is 2.13. The smallest absolute Gasteiger partial charge is 0.301 e. The van der Waals surface area contributed by atoms with E-state index < -0.39 is 22.8 Å². The molecule has 0 spiro atoms. The Morgan fingerprint density at radius 2 is 2.29 bits per heavy atom. The Bertz CT molecular complexity index is 376. The van der Waals surface area contributed by atoms with E-state index in [-0.39, 0.29) is 6.42 Å². The zero-order valence-corrected chi connectivity index (χ0v) is 10.1. The van der Waals surface area contributed by atoms with Crippen LogP contribution in [0.15, 0.2) is 33.2 Å². The summed E-state index contributed by atoms with van der Waals surface area (Å²) in [6.45, 7) is 2.25. The maximum absolute atomic E-state index is 12.6. The molecule has 0 aromatic carbocycles. The second kappa shape index (κ2) is 7.16. The van der Waals surface area contributed by atoms with Crippen LogP contribution in [-0.4, -0.2) is 24.1 Å². The molecule has 0 aliphatic carbocycles. The van der Waals surface area contributed by atoms with Crippen LogP contribution in [0.4, 0.5) is 13.2 Å². The fourth-order valence-corrected chi connectivity index (χ4v) is 2.69. The Balaban J connectivity index is 2.46. The molecule has 0 amide bonds. The summed E-state index contributed by atoms with van der Waals surface area (Å²) in [6, 6.07) is 0. The highest BCUT2D eigenvalue weighted by atomic mass is 32.2. The Kier molecular flexibility index (Phi) is 5.82. The van der Waals surface area contributed by atoms with Gasteiger partial charge in [0.15, 0.2) is 5.83 Å². The monoisotopic (exact) mass is 266 g/mol. The third-order valence-electron chi connectivity index (χ3n) is 1.91. The van der Waals surface area contributed by atoms with E-state index in [0.717, 1.165) is 4.91 Å². The van der Waals surface area contributed by atoms with Crippen molar-refractivity contribution in [2.45, 2.75) is 13.3 Å². The van der Waals surface area contributed by atoms with Crippen LogP contribution in [0.5, 0.6) is 0 Å². The quantitative estimate of drug-likeness (QED) is 0.446. The molecule has 17 heavy (non-hydrogen) atoms. The predicted molar refractivity (Wildman–Crippen MR) is 65.5 cm³/mol. The lowest BCUT2D eigenvalue weighted by Gasteiger charge is -2.11. The topological polar surface area (TPSA) is 34.0 Å². The van der Waals surface area contributed by atoms with Crippen LogP contribution in [0.2, 0.25) is 0 Å². The van der Waals surface area contributed by atoms with Crippen LogP contribution in [-0.2, 0) is 4.84 Å². The summed E-state index contributed by atoms with van der Waals surface area (Å²) >= 11 is 0. The number of allylic oxidation sites excluding steroid dienone is 2. The van der Waals surface area contributed by atoms with Crippen LogP contribution >= 0.6 is 10.9 Å². The van der Waals surface area contributed by atoms with Crippen molar-refractivity contribution in [1.82, 2.24) is 0 Å². The van der Waals surface area contributed by atoms with Gasteiger partial charge < -0.3 is 4.84 Å². The van der Waals surface area contributed by atoms with Crippen molar-refractivity contribution in [3.05, 3.63) is 23.0 Å². The van der Waals surface area contributed by atoms with Gasteiger partial charge in [-0.05, 0) is 12.7 Å². The molecular weight excluding hydrogens is 253 g/mol. The lowest BCUT2D eigenvalue weighted by molar-refractivity contribution is 0.160. The second-order valence-corrected chi connectivity index (χ2v) is 5.21. The van der Waals surface area contributed by atoms with Crippen molar-refractivity contribution >= 4 is 22.7 Å². The molecule has 0 aromatic heterocycles. The van der Waals surface area contributed by atoms with E-state index in [4.69, 9.17) is 4.84 Å². The minimum atomic E-state index is -2.25. The average Bonchev–Trinajstić information content (AvgIpc) is 2.74. The first-order chi connectivity index (χ1) is 8.15. The van der Waals surface area contributed by atoms with Gasteiger partial charge in [0, 0.05) is 23.1 Å². The van der Waals surface area contributed by atoms with E-state index in [2.05, 4.69) is 10.1 Å². The highest BCUT2D eigenvalue weighted by molar-refractivity contribution is 8.32. The first-order valence-electron chi connectivity index (χ1n) is 5.00.